The van der Waals surface area contributed by atoms with Gasteiger partial charge in [0.05, 0.1) is 22.8 Å². The molecule has 14 rings (SSSR count). The Kier molecular flexibility index (Phi) is 8.63. The fourth-order valence-corrected chi connectivity index (χ4v) is 11.9. The molecule has 2 aliphatic rings. The van der Waals surface area contributed by atoms with Crippen molar-refractivity contribution in [3.05, 3.63) is 277 Å². The van der Waals surface area contributed by atoms with Gasteiger partial charge in [-0.25, -0.2) is 0 Å². The second-order valence-corrected chi connectivity index (χ2v) is 18.3. The van der Waals surface area contributed by atoms with Gasteiger partial charge in [-0.15, -0.1) is 0 Å². The van der Waals surface area contributed by atoms with Crippen LogP contribution in [0.1, 0.15) is 34.7 Å². The Hall–Kier alpha value is -8.66. The molecule has 3 heteroatoms. The van der Waals surface area contributed by atoms with E-state index in [0.29, 0.717) is 0 Å². The fraction of sp³-hybridized carbons (Fsp3) is 0.0462. The van der Waals surface area contributed by atoms with Crippen molar-refractivity contribution in [2.24, 2.45) is 0 Å². The number of benzene rings is 10. The van der Waals surface area contributed by atoms with Crippen molar-refractivity contribution in [1.82, 2.24) is 4.57 Å². The first kappa shape index (κ1) is 38.6. The first-order chi connectivity index (χ1) is 33.8. The molecule has 1 unspecified atom stereocenters. The smallest absolute Gasteiger partial charge is 0.143 e. The summed E-state index contributed by atoms with van der Waals surface area (Å²) in [4.78, 5) is 2.54. The molecule has 0 amide bonds. The van der Waals surface area contributed by atoms with E-state index in [0.717, 1.165) is 61.9 Å². The summed E-state index contributed by atoms with van der Waals surface area (Å²) < 4.78 is 9.17. The number of para-hydroxylation sites is 3. The monoisotopic (exact) mass is 868 g/mol. The van der Waals surface area contributed by atoms with Crippen LogP contribution in [-0.2, 0) is 5.41 Å². The summed E-state index contributed by atoms with van der Waals surface area (Å²) >= 11 is 0. The minimum atomic E-state index is -0.536. The number of furan rings is 1. The largest absolute Gasteiger partial charge is 0.455 e. The van der Waals surface area contributed by atoms with Crippen molar-refractivity contribution in [3.8, 4) is 22.3 Å². The Morgan fingerprint density at radius 2 is 1.09 bits per heavy atom. The number of allylic oxidation sites excluding steroid dienone is 3. The highest BCUT2D eigenvalue weighted by Crippen LogP contribution is 2.59. The third-order valence-electron chi connectivity index (χ3n) is 14.8. The molecule has 2 aromatic heterocycles. The van der Waals surface area contributed by atoms with Crippen molar-refractivity contribution in [1.29, 1.82) is 0 Å². The standard InChI is InChI=1S/C65H44N2O/c1-3-19-45(20-4-1)65(46-21-5-2-6-22-46)56-28-13-9-27-54(56)63-57(65)29-17-33-61(63)67(48-38-36-47(37-39-48)66-59-31-15-11-25-51(59)52-26-12-16-32-60(52)66)58-30-14-10-23-49(58)44-35-41-62-55(42-44)53-40-34-43-18-7-8-24-50(43)64(53)68-62/h1-36,38-42,47H,37H2. The van der Waals surface area contributed by atoms with E-state index in [4.69, 9.17) is 4.42 Å². The van der Waals surface area contributed by atoms with Crippen molar-refractivity contribution in [2.45, 2.75) is 17.9 Å². The van der Waals surface area contributed by atoms with Crippen LogP contribution in [0.2, 0.25) is 0 Å². The highest BCUT2D eigenvalue weighted by Gasteiger charge is 2.47. The van der Waals surface area contributed by atoms with Gasteiger partial charge in [0.1, 0.15) is 11.2 Å². The molecule has 2 aliphatic carbocycles. The van der Waals surface area contributed by atoms with Crippen LogP contribution < -0.4 is 4.90 Å². The third kappa shape index (κ3) is 5.60. The Morgan fingerprint density at radius 3 is 1.82 bits per heavy atom. The van der Waals surface area contributed by atoms with Gasteiger partial charge in [-0.1, -0.05) is 200 Å². The lowest BCUT2D eigenvalue weighted by atomic mass is 9.68. The molecular formula is C65H44N2O. The second kappa shape index (κ2) is 15.2. The van der Waals surface area contributed by atoms with Gasteiger partial charge in [-0.3, -0.25) is 0 Å². The predicted octanol–water partition coefficient (Wildman–Crippen LogP) is 17.1. The van der Waals surface area contributed by atoms with Crippen LogP contribution >= 0.6 is 0 Å². The van der Waals surface area contributed by atoms with Crippen LogP contribution in [0, 0.1) is 0 Å². The zero-order chi connectivity index (χ0) is 44.8. The number of nitrogens with zero attached hydrogens (tertiary/aromatic N) is 2. The van der Waals surface area contributed by atoms with Gasteiger partial charge in [0.2, 0.25) is 0 Å². The fourth-order valence-electron chi connectivity index (χ4n) is 11.9. The van der Waals surface area contributed by atoms with E-state index in [2.05, 4.69) is 258 Å². The van der Waals surface area contributed by atoms with Gasteiger partial charge >= 0.3 is 0 Å². The van der Waals surface area contributed by atoms with Gasteiger partial charge in [0.25, 0.3) is 0 Å². The van der Waals surface area contributed by atoms with Crippen molar-refractivity contribution < 1.29 is 4.42 Å². The van der Waals surface area contributed by atoms with E-state index < -0.39 is 5.41 Å². The summed E-state index contributed by atoms with van der Waals surface area (Å²) in [7, 11) is 0. The normalized spacial score (nSPS) is 15.0. The van der Waals surface area contributed by atoms with Gasteiger partial charge in [-0.2, -0.15) is 0 Å². The third-order valence-corrected chi connectivity index (χ3v) is 14.8. The quantitative estimate of drug-likeness (QED) is 0.159. The molecular weight excluding hydrogens is 825 g/mol. The SMILES string of the molecule is C1=CC(n2c3ccccc3c3ccccc32)CC=C1N(c1ccccc1-c1ccc2oc3c4ccccc4ccc3c2c1)c1cccc2c1-c1ccccc1C2(c1ccccc1)c1ccccc1. The maximum atomic E-state index is 6.64. The van der Waals surface area contributed by atoms with E-state index in [9.17, 15) is 0 Å². The molecule has 0 bridgehead atoms. The summed E-state index contributed by atoms with van der Waals surface area (Å²) in [5, 5.41) is 7.12. The summed E-state index contributed by atoms with van der Waals surface area (Å²) in [6, 6.07) is 84.6. The van der Waals surface area contributed by atoms with Crippen LogP contribution in [0.4, 0.5) is 11.4 Å². The second-order valence-electron chi connectivity index (χ2n) is 18.3. The molecule has 0 saturated carbocycles. The zero-order valence-electron chi connectivity index (χ0n) is 37.3. The molecule has 0 spiro atoms. The Bertz CT molecular complexity index is 3930. The molecule has 0 aliphatic heterocycles. The average molecular weight is 869 g/mol. The van der Waals surface area contributed by atoms with Crippen molar-refractivity contribution in [2.75, 3.05) is 4.90 Å². The van der Waals surface area contributed by atoms with E-state index >= 15 is 0 Å². The predicted molar refractivity (Wildman–Crippen MR) is 283 cm³/mol. The zero-order valence-corrected chi connectivity index (χ0v) is 37.3. The average Bonchev–Trinajstić information content (AvgIpc) is 4.06. The molecule has 2 heterocycles. The first-order valence-electron chi connectivity index (χ1n) is 23.7. The topological polar surface area (TPSA) is 21.3 Å². The molecule has 0 fully saturated rings. The summed E-state index contributed by atoms with van der Waals surface area (Å²) in [6.07, 6.45) is 8.09. The lowest BCUT2D eigenvalue weighted by molar-refractivity contribution is 0.643. The van der Waals surface area contributed by atoms with Crippen molar-refractivity contribution in [3.63, 3.8) is 0 Å². The number of aromatic nitrogens is 1. The van der Waals surface area contributed by atoms with E-state index in [1.54, 1.807) is 0 Å². The number of hydrogen-bond donors (Lipinski definition) is 0. The molecule has 68 heavy (non-hydrogen) atoms. The lowest BCUT2D eigenvalue weighted by Crippen LogP contribution is -2.28. The minimum absolute atomic E-state index is 0.138. The molecule has 12 aromatic rings. The molecule has 3 nitrogen and oxygen atoms in total. The van der Waals surface area contributed by atoms with E-state index in [1.165, 1.54) is 60.6 Å². The van der Waals surface area contributed by atoms with Gasteiger partial charge < -0.3 is 13.9 Å². The summed E-state index contributed by atoms with van der Waals surface area (Å²) in [5.74, 6) is 0. The molecule has 10 aromatic carbocycles. The number of anilines is 2. The van der Waals surface area contributed by atoms with Crippen molar-refractivity contribution >= 4 is 65.9 Å². The highest BCUT2D eigenvalue weighted by atomic mass is 16.3. The maximum Gasteiger partial charge on any atom is 0.143 e. The van der Waals surface area contributed by atoms with Gasteiger partial charge in [-0.05, 0) is 93.7 Å². The molecule has 320 valence electrons. The van der Waals surface area contributed by atoms with Crippen LogP contribution in [0.3, 0.4) is 0 Å². The Morgan fingerprint density at radius 1 is 0.471 bits per heavy atom. The molecule has 1 atom stereocenters. The molecule has 0 saturated heterocycles. The van der Waals surface area contributed by atoms with Crippen LogP contribution in [0.5, 0.6) is 0 Å². The van der Waals surface area contributed by atoms with E-state index in [-0.39, 0.29) is 6.04 Å². The summed E-state index contributed by atoms with van der Waals surface area (Å²) in [5.41, 5.74) is 17.0. The Labute approximate surface area is 394 Å². The maximum absolute atomic E-state index is 6.64. The lowest BCUT2D eigenvalue weighted by Gasteiger charge is -2.35. The number of hydrogen-bond acceptors (Lipinski definition) is 2. The Balaban J connectivity index is 0.999. The first-order valence-corrected chi connectivity index (χ1v) is 23.7. The van der Waals surface area contributed by atoms with Gasteiger partial charge in [0, 0.05) is 54.8 Å². The highest BCUT2D eigenvalue weighted by molar-refractivity contribution is 6.16. The van der Waals surface area contributed by atoms with Crippen LogP contribution in [0.25, 0.3) is 76.8 Å². The minimum Gasteiger partial charge on any atom is -0.455 e. The van der Waals surface area contributed by atoms with Gasteiger partial charge in [0.15, 0.2) is 0 Å². The van der Waals surface area contributed by atoms with Crippen LogP contribution in [-0.4, -0.2) is 4.57 Å². The van der Waals surface area contributed by atoms with Crippen LogP contribution in [0.15, 0.2) is 259 Å². The number of rotatable bonds is 7. The molecule has 0 N–H and O–H groups in total. The summed E-state index contributed by atoms with van der Waals surface area (Å²) in [6.45, 7) is 0. The molecule has 0 radical (unpaired) electrons. The van der Waals surface area contributed by atoms with E-state index in [1.807, 2.05) is 0 Å². The number of fused-ring (bicyclic) bond motifs is 11.